The van der Waals surface area contributed by atoms with Crippen LogP contribution in [0.5, 0.6) is 0 Å². The minimum Gasteiger partial charge on any atom is -0.384 e. The molecule has 0 bridgehead atoms. The largest absolute Gasteiger partial charge is 0.384 e. The molecular formula is C17H18N2O3S. The molecule has 0 spiro atoms. The Morgan fingerprint density at radius 3 is 2.22 bits per heavy atom. The number of anilines is 1. The maximum absolute atomic E-state index is 12.3. The molecule has 2 aromatic carbocycles. The zero-order valence-electron chi connectivity index (χ0n) is 12.6. The van der Waals surface area contributed by atoms with E-state index in [4.69, 9.17) is 0 Å². The van der Waals surface area contributed by atoms with Crippen molar-refractivity contribution in [2.24, 2.45) is 5.92 Å². The lowest BCUT2D eigenvalue weighted by molar-refractivity contribution is -0.139. The number of carbonyl (C=O) groups is 1. The van der Waals surface area contributed by atoms with Gasteiger partial charge in [0, 0.05) is 12.2 Å². The summed E-state index contributed by atoms with van der Waals surface area (Å²) in [5, 5.41) is 3.16. The molecule has 1 amide bonds. The summed E-state index contributed by atoms with van der Waals surface area (Å²) in [7, 11) is -3.59. The highest BCUT2D eigenvalue weighted by Crippen LogP contribution is 2.24. The number of benzene rings is 2. The van der Waals surface area contributed by atoms with Crippen molar-refractivity contribution >= 4 is 21.6 Å². The number of carbonyl (C=O) groups excluding carboxylic acids is 1. The predicted molar refractivity (Wildman–Crippen MR) is 89.2 cm³/mol. The van der Waals surface area contributed by atoms with Crippen LogP contribution in [0.4, 0.5) is 5.69 Å². The van der Waals surface area contributed by atoms with Crippen LogP contribution in [-0.4, -0.2) is 31.7 Å². The Morgan fingerprint density at radius 1 is 1.00 bits per heavy atom. The SMILES string of the molecule is O=C1C(CNc2ccccc2)CN1S(=O)(=O)Cc1ccccc1. The first kappa shape index (κ1) is 15.6. The van der Waals surface area contributed by atoms with E-state index >= 15 is 0 Å². The van der Waals surface area contributed by atoms with Gasteiger partial charge in [-0.1, -0.05) is 48.5 Å². The van der Waals surface area contributed by atoms with E-state index in [1.54, 1.807) is 24.3 Å². The third-order valence-electron chi connectivity index (χ3n) is 3.84. The van der Waals surface area contributed by atoms with Gasteiger partial charge in [-0.3, -0.25) is 4.79 Å². The lowest BCUT2D eigenvalue weighted by Gasteiger charge is -2.37. The smallest absolute Gasteiger partial charge is 0.242 e. The molecule has 6 heteroatoms. The number of amides is 1. The summed E-state index contributed by atoms with van der Waals surface area (Å²) in [5.41, 5.74) is 1.61. The van der Waals surface area contributed by atoms with Crippen LogP contribution in [-0.2, 0) is 20.6 Å². The molecule has 1 unspecified atom stereocenters. The quantitative estimate of drug-likeness (QED) is 0.824. The summed E-state index contributed by atoms with van der Waals surface area (Å²) >= 11 is 0. The standard InChI is InChI=1S/C17H18N2O3S/c20-17-15(11-18-16-9-5-2-6-10-16)12-19(17)23(21,22)13-14-7-3-1-4-8-14/h1-10,15,18H,11-13H2. The highest BCUT2D eigenvalue weighted by molar-refractivity contribution is 7.88. The number of hydrogen-bond donors (Lipinski definition) is 1. The molecule has 1 aliphatic heterocycles. The molecule has 1 aliphatic rings. The van der Waals surface area contributed by atoms with Crippen molar-refractivity contribution in [3.8, 4) is 0 Å². The fraction of sp³-hybridized carbons (Fsp3) is 0.235. The van der Waals surface area contributed by atoms with E-state index in [-0.39, 0.29) is 24.1 Å². The van der Waals surface area contributed by atoms with E-state index in [0.29, 0.717) is 12.1 Å². The van der Waals surface area contributed by atoms with Crippen molar-refractivity contribution < 1.29 is 13.2 Å². The molecule has 2 aromatic rings. The topological polar surface area (TPSA) is 66.5 Å². The normalized spacial score (nSPS) is 17.7. The minimum atomic E-state index is -3.59. The van der Waals surface area contributed by atoms with Crippen LogP contribution < -0.4 is 5.32 Å². The van der Waals surface area contributed by atoms with Crippen molar-refractivity contribution in [2.75, 3.05) is 18.4 Å². The minimum absolute atomic E-state index is 0.140. The van der Waals surface area contributed by atoms with Crippen LogP contribution in [0.25, 0.3) is 0 Å². The molecule has 1 heterocycles. The van der Waals surface area contributed by atoms with Crippen LogP contribution >= 0.6 is 0 Å². The summed E-state index contributed by atoms with van der Waals surface area (Å²) in [6.45, 7) is 0.689. The Hall–Kier alpha value is -2.34. The number of hydrogen-bond acceptors (Lipinski definition) is 4. The van der Waals surface area contributed by atoms with Gasteiger partial charge in [0.1, 0.15) is 0 Å². The molecule has 5 nitrogen and oxygen atoms in total. The van der Waals surface area contributed by atoms with E-state index in [2.05, 4.69) is 5.32 Å². The van der Waals surface area contributed by atoms with Crippen molar-refractivity contribution in [1.29, 1.82) is 0 Å². The van der Waals surface area contributed by atoms with Crippen molar-refractivity contribution in [2.45, 2.75) is 5.75 Å². The summed E-state index contributed by atoms with van der Waals surface area (Å²) in [4.78, 5) is 12.1. The second kappa shape index (κ2) is 6.42. The second-order valence-corrected chi connectivity index (χ2v) is 7.45. The average molecular weight is 330 g/mol. The predicted octanol–water partition coefficient (Wildman–Crippen LogP) is 2.09. The Labute approximate surface area is 136 Å². The van der Waals surface area contributed by atoms with Gasteiger partial charge in [-0.05, 0) is 17.7 Å². The lowest BCUT2D eigenvalue weighted by atomic mass is 10.0. The number of nitrogens with zero attached hydrogens (tertiary/aromatic N) is 1. The second-order valence-electron chi connectivity index (χ2n) is 5.56. The lowest BCUT2D eigenvalue weighted by Crippen LogP contribution is -2.57. The number of para-hydroxylation sites is 1. The van der Waals surface area contributed by atoms with Crippen LogP contribution in [0.3, 0.4) is 0 Å². The molecular weight excluding hydrogens is 312 g/mol. The monoisotopic (exact) mass is 330 g/mol. The number of nitrogens with one attached hydrogen (secondary N) is 1. The van der Waals surface area contributed by atoms with Crippen LogP contribution in [0.2, 0.25) is 0 Å². The van der Waals surface area contributed by atoms with E-state index in [0.717, 1.165) is 9.99 Å². The highest BCUT2D eigenvalue weighted by atomic mass is 32.2. The molecule has 1 N–H and O–H groups in total. The van der Waals surface area contributed by atoms with Gasteiger partial charge >= 0.3 is 0 Å². The van der Waals surface area contributed by atoms with E-state index < -0.39 is 10.0 Å². The Bertz CT molecular complexity index is 776. The van der Waals surface area contributed by atoms with E-state index in [1.165, 1.54) is 0 Å². The molecule has 1 atom stereocenters. The van der Waals surface area contributed by atoms with Gasteiger partial charge in [-0.2, -0.15) is 0 Å². The van der Waals surface area contributed by atoms with Crippen LogP contribution in [0.15, 0.2) is 60.7 Å². The number of rotatable bonds is 6. The van der Waals surface area contributed by atoms with Crippen molar-refractivity contribution in [3.05, 3.63) is 66.2 Å². The fourth-order valence-corrected chi connectivity index (χ4v) is 4.12. The van der Waals surface area contributed by atoms with Gasteiger partial charge < -0.3 is 5.32 Å². The summed E-state index contributed by atoms with van der Waals surface area (Å²) in [6, 6.07) is 18.4. The molecule has 0 aromatic heterocycles. The van der Waals surface area contributed by atoms with Gasteiger partial charge in [0.25, 0.3) is 0 Å². The van der Waals surface area contributed by atoms with Gasteiger partial charge in [0.05, 0.1) is 18.2 Å². The van der Waals surface area contributed by atoms with Crippen LogP contribution in [0.1, 0.15) is 5.56 Å². The van der Waals surface area contributed by atoms with Crippen molar-refractivity contribution in [3.63, 3.8) is 0 Å². The third-order valence-corrected chi connectivity index (χ3v) is 5.53. The molecule has 1 saturated heterocycles. The van der Waals surface area contributed by atoms with Crippen molar-refractivity contribution in [1.82, 2.24) is 4.31 Å². The Kier molecular flexibility index (Phi) is 4.34. The maximum atomic E-state index is 12.3. The summed E-state index contributed by atoms with van der Waals surface area (Å²) in [6.07, 6.45) is 0. The first-order valence-corrected chi connectivity index (χ1v) is 9.04. The molecule has 0 aliphatic carbocycles. The van der Waals surface area contributed by atoms with Gasteiger partial charge in [-0.25, -0.2) is 12.7 Å². The number of β-lactam (4-membered cyclic amide) rings is 1. The average Bonchev–Trinajstić information content (AvgIpc) is 2.54. The first-order chi connectivity index (χ1) is 11.1. The molecule has 23 heavy (non-hydrogen) atoms. The van der Waals surface area contributed by atoms with Crippen LogP contribution in [0, 0.1) is 5.92 Å². The maximum Gasteiger partial charge on any atom is 0.242 e. The summed E-state index contributed by atoms with van der Waals surface area (Å²) < 4.78 is 25.6. The molecule has 120 valence electrons. The molecule has 0 radical (unpaired) electrons. The zero-order valence-corrected chi connectivity index (χ0v) is 13.4. The van der Waals surface area contributed by atoms with Gasteiger partial charge in [0.2, 0.25) is 15.9 Å². The molecule has 0 saturated carbocycles. The van der Waals surface area contributed by atoms with E-state index in [9.17, 15) is 13.2 Å². The fourth-order valence-electron chi connectivity index (χ4n) is 2.52. The Balaban J connectivity index is 1.56. The number of sulfonamides is 1. The summed E-state index contributed by atoms with van der Waals surface area (Å²) in [5.74, 6) is -0.761. The molecule has 3 rings (SSSR count). The Morgan fingerprint density at radius 2 is 1.61 bits per heavy atom. The van der Waals surface area contributed by atoms with E-state index in [1.807, 2.05) is 36.4 Å². The highest BCUT2D eigenvalue weighted by Gasteiger charge is 2.43. The third kappa shape index (κ3) is 3.53. The zero-order chi connectivity index (χ0) is 16.3. The first-order valence-electron chi connectivity index (χ1n) is 7.43. The van der Waals surface area contributed by atoms with Gasteiger partial charge in [-0.15, -0.1) is 0 Å². The van der Waals surface area contributed by atoms with Gasteiger partial charge in [0.15, 0.2) is 0 Å². The molecule has 1 fully saturated rings.